The lowest BCUT2D eigenvalue weighted by atomic mass is 9.78. The zero-order valence-electron chi connectivity index (χ0n) is 7.64. The van der Waals surface area contributed by atoms with Crippen molar-refractivity contribution in [1.29, 1.82) is 0 Å². The van der Waals surface area contributed by atoms with E-state index in [-0.39, 0.29) is 0 Å². The van der Waals surface area contributed by atoms with Crippen molar-refractivity contribution in [2.75, 3.05) is 0 Å². The van der Waals surface area contributed by atoms with E-state index in [2.05, 4.69) is 19.2 Å². The van der Waals surface area contributed by atoms with Crippen LogP contribution in [0.15, 0.2) is 0 Å². The molecule has 1 nitrogen and oxygen atoms in total. The van der Waals surface area contributed by atoms with E-state index < -0.39 is 0 Å². The highest BCUT2D eigenvalue weighted by atomic mass is 15.0. The molecule has 2 aliphatic heterocycles. The Morgan fingerprint density at radius 2 is 1.91 bits per heavy atom. The smallest absolute Gasteiger partial charge is 0.00722 e. The molecular weight excluding hydrogens is 134 g/mol. The number of hydrogen-bond acceptors (Lipinski definition) is 1. The van der Waals surface area contributed by atoms with E-state index in [0.717, 1.165) is 23.9 Å². The van der Waals surface area contributed by atoms with E-state index in [1.165, 1.54) is 25.7 Å². The number of rotatable bonds is 0. The summed E-state index contributed by atoms with van der Waals surface area (Å²) in [6, 6.07) is 1.62. The van der Waals surface area contributed by atoms with Crippen molar-refractivity contribution < 1.29 is 0 Å². The molecular formula is C10H19N. The van der Waals surface area contributed by atoms with Crippen LogP contribution in [0.4, 0.5) is 0 Å². The molecule has 4 atom stereocenters. The Labute approximate surface area is 69.6 Å². The predicted molar refractivity (Wildman–Crippen MR) is 47.5 cm³/mol. The zero-order chi connectivity index (χ0) is 7.84. The van der Waals surface area contributed by atoms with E-state index in [1.54, 1.807) is 0 Å². The van der Waals surface area contributed by atoms with Crippen LogP contribution >= 0.6 is 0 Å². The summed E-state index contributed by atoms with van der Waals surface area (Å²) < 4.78 is 0. The molecule has 11 heavy (non-hydrogen) atoms. The molecule has 64 valence electrons. The van der Waals surface area contributed by atoms with E-state index in [9.17, 15) is 0 Å². The van der Waals surface area contributed by atoms with Crippen LogP contribution < -0.4 is 5.32 Å². The van der Waals surface area contributed by atoms with Crippen LogP contribution in [0.25, 0.3) is 0 Å². The lowest BCUT2D eigenvalue weighted by molar-refractivity contribution is 0.247. The third-order valence-electron chi connectivity index (χ3n) is 3.52. The fourth-order valence-corrected chi connectivity index (χ4v) is 2.88. The molecule has 0 aromatic rings. The van der Waals surface area contributed by atoms with Crippen molar-refractivity contribution in [2.45, 2.75) is 51.6 Å². The van der Waals surface area contributed by atoms with Gasteiger partial charge in [-0.3, -0.25) is 0 Å². The second-order valence-corrected chi connectivity index (χ2v) is 4.55. The van der Waals surface area contributed by atoms with E-state index in [0.29, 0.717) is 0 Å². The predicted octanol–water partition coefficient (Wildman–Crippen LogP) is 2.17. The number of hydrogen-bond donors (Lipinski definition) is 1. The van der Waals surface area contributed by atoms with Gasteiger partial charge < -0.3 is 5.32 Å². The van der Waals surface area contributed by atoms with Crippen molar-refractivity contribution in [2.24, 2.45) is 11.8 Å². The van der Waals surface area contributed by atoms with Crippen molar-refractivity contribution in [3.63, 3.8) is 0 Å². The summed E-state index contributed by atoms with van der Waals surface area (Å²) in [5.41, 5.74) is 0. The van der Waals surface area contributed by atoms with Gasteiger partial charge in [0.2, 0.25) is 0 Å². The average molecular weight is 153 g/mol. The summed E-state index contributed by atoms with van der Waals surface area (Å²) in [4.78, 5) is 0. The average Bonchev–Trinajstić information content (AvgIpc) is 2.16. The molecule has 1 N–H and O–H groups in total. The minimum Gasteiger partial charge on any atom is -0.311 e. The van der Waals surface area contributed by atoms with Gasteiger partial charge in [0.05, 0.1) is 0 Å². The molecule has 1 saturated carbocycles. The summed E-state index contributed by atoms with van der Waals surface area (Å²) in [6.45, 7) is 4.76. The summed E-state index contributed by atoms with van der Waals surface area (Å²) >= 11 is 0. The largest absolute Gasteiger partial charge is 0.311 e. The summed E-state index contributed by atoms with van der Waals surface area (Å²) in [6.07, 6.45) is 5.75. The Kier molecular flexibility index (Phi) is 1.92. The highest BCUT2D eigenvalue weighted by Gasteiger charge is 2.32. The number of fused-ring (bicyclic) bond motifs is 4. The van der Waals surface area contributed by atoms with Gasteiger partial charge in [0.1, 0.15) is 0 Å². The molecule has 0 radical (unpaired) electrons. The Bertz CT molecular complexity index is 142. The van der Waals surface area contributed by atoms with Gasteiger partial charge in [-0.05, 0) is 44.4 Å². The molecule has 2 bridgehead atoms. The maximum Gasteiger partial charge on any atom is 0.00722 e. The molecule has 3 fully saturated rings. The van der Waals surface area contributed by atoms with E-state index in [1.807, 2.05) is 0 Å². The number of nitrogens with one attached hydrogen (secondary N) is 1. The van der Waals surface area contributed by atoms with E-state index in [4.69, 9.17) is 0 Å². The van der Waals surface area contributed by atoms with Gasteiger partial charge in [0, 0.05) is 12.1 Å². The Balaban J connectivity index is 2.10. The van der Waals surface area contributed by atoms with Crippen LogP contribution in [-0.2, 0) is 0 Å². The second kappa shape index (κ2) is 2.78. The van der Waals surface area contributed by atoms with Crippen LogP contribution in [0.3, 0.4) is 0 Å². The maximum atomic E-state index is 3.70. The van der Waals surface area contributed by atoms with Gasteiger partial charge in [0.15, 0.2) is 0 Å². The van der Waals surface area contributed by atoms with Crippen molar-refractivity contribution in [3.05, 3.63) is 0 Å². The lowest BCUT2D eigenvalue weighted by Gasteiger charge is -2.29. The highest BCUT2D eigenvalue weighted by Crippen LogP contribution is 2.36. The first-order valence-electron chi connectivity index (χ1n) is 5.01. The molecule has 3 aliphatic rings. The summed E-state index contributed by atoms with van der Waals surface area (Å²) in [7, 11) is 0. The van der Waals surface area contributed by atoms with Crippen molar-refractivity contribution in [1.82, 2.24) is 5.32 Å². The van der Waals surface area contributed by atoms with Crippen LogP contribution in [0.5, 0.6) is 0 Å². The zero-order valence-corrected chi connectivity index (χ0v) is 7.64. The molecule has 3 unspecified atom stereocenters. The standard InChI is InChI=1S/C10H19N/c1-7-5-10-4-3-9(7)6-8(2)11-10/h7-11H,3-6H2,1-2H3/t7?,8-,9?,10?/m0/s1. The molecule has 1 heteroatoms. The summed E-state index contributed by atoms with van der Waals surface area (Å²) in [5.74, 6) is 2.00. The fraction of sp³-hybridized carbons (Fsp3) is 1.00. The van der Waals surface area contributed by atoms with Crippen LogP contribution in [-0.4, -0.2) is 12.1 Å². The van der Waals surface area contributed by atoms with Crippen LogP contribution in [0.2, 0.25) is 0 Å². The van der Waals surface area contributed by atoms with Gasteiger partial charge in [0.25, 0.3) is 0 Å². The first-order chi connectivity index (χ1) is 5.25. The van der Waals surface area contributed by atoms with Crippen molar-refractivity contribution in [3.8, 4) is 0 Å². The third-order valence-corrected chi connectivity index (χ3v) is 3.52. The molecule has 0 aromatic carbocycles. The monoisotopic (exact) mass is 153 g/mol. The Morgan fingerprint density at radius 1 is 1.09 bits per heavy atom. The van der Waals surface area contributed by atoms with Crippen LogP contribution in [0.1, 0.15) is 39.5 Å². The second-order valence-electron chi connectivity index (χ2n) is 4.55. The molecule has 0 aromatic heterocycles. The van der Waals surface area contributed by atoms with Gasteiger partial charge in [-0.25, -0.2) is 0 Å². The summed E-state index contributed by atoms with van der Waals surface area (Å²) in [5, 5.41) is 3.70. The fourth-order valence-electron chi connectivity index (χ4n) is 2.88. The minimum atomic E-state index is 0.775. The topological polar surface area (TPSA) is 12.0 Å². The Morgan fingerprint density at radius 3 is 2.64 bits per heavy atom. The first kappa shape index (κ1) is 7.60. The highest BCUT2D eigenvalue weighted by molar-refractivity contribution is 4.89. The van der Waals surface area contributed by atoms with Gasteiger partial charge in [-0.1, -0.05) is 6.92 Å². The SMILES string of the molecule is CC1CC2CCC1C[C@H](C)N2. The van der Waals surface area contributed by atoms with Gasteiger partial charge in [-0.2, -0.15) is 0 Å². The van der Waals surface area contributed by atoms with E-state index >= 15 is 0 Å². The molecule has 2 heterocycles. The normalized spacial score (nSPS) is 50.7. The molecule has 3 rings (SSSR count). The Hall–Kier alpha value is -0.0400. The van der Waals surface area contributed by atoms with Gasteiger partial charge >= 0.3 is 0 Å². The van der Waals surface area contributed by atoms with Crippen molar-refractivity contribution >= 4 is 0 Å². The minimum absolute atomic E-state index is 0.775. The molecule has 2 saturated heterocycles. The molecule has 0 amide bonds. The quantitative estimate of drug-likeness (QED) is 0.562. The van der Waals surface area contributed by atoms with Gasteiger partial charge in [-0.15, -0.1) is 0 Å². The third kappa shape index (κ3) is 1.44. The maximum absolute atomic E-state index is 3.70. The lowest BCUT2D eigenvalue weighted by Crippen LogP contribution is -2.34. The molecule has 0 spiro atoms. The first-order valence-corrected chi connectivity index (χ1v) is 5.01. The van der Waals surface area contributed by atoms with Crippen LogP contribution in [0, 0.1) is 11.8 Å². The molecule has 1 aliphatic carbocycles.